The number of benzene rings is 1. The summed E-state index contributed by atoms with van der Waals surface area (Å²) in [5, 5.41) is 19.0. The molecule has 2 aliphatic rings. The van der Waals surface area contributed by atoms with E-state index in [0.717, 1.165) is 12.8 Å². The summed E-state index contributed by atoms with van der Waals surface area (Å²) in [6.45, 7) is 0. The third-order valence-electron chi connectivity index (χ3n) is 4.05. The standard InChI is InChI=1S/C13H17NO4S/c15-11-3-5-13(6-4-11)19(17,18)14-9-1-2-10(14)8-12(16)7-9/h3-6,9-10,12,15-16H,1-2,7-8H2. The lowest BCUT2D eigenvalue weighted by Gasteiger charge is -2.36. The first-order valence-corrected chi connectivity index (χ1v) is 7.93. The van der Waals surface area contributed by atoms with Crippen LogP contribution in [0.5, 0.6) is 5.75 Å². The highest BCUT2D eigenvalue weighted by Crippen LogP contribution is 2.39. The number of rotatable bonds is 2. The zero-order valence-electron chi connectivity index (χ0n) is 10.4. The Labute approximate surface area is 112 Å². The zero-order valence-corrected chi connectivity index (χ0v) is 11.3. The Morgan fingerprint density at radius 3 is 2.11 bits per heavy atom. The van der Waals surface area contributed by atoms with Crippen LogP contribution < -0.4 is 0 Å². The average Bonchev–Trinajstić information content (AvgIpc) is 2.64. The molecule has 104 valence electrons. The first-order chi connectivity index (χ1) is 8.98. The summed E-state index contributed by atoms with van der Waals surface area (Å²) in [4.78, 5) is 0.207. The van der Waals surface area contributed by atoms with Crippen molar-refractivity contribution in [3.8, 4) is 5.75 Å². The number of phenolic OH excluding ortho intramolecular Hbond substituents is 1. The molecule has 0 amide bonds. The quantitative estimate of drug-likeness (QED) is 0.851. The van der Waals surface area contributed by atoms with E-state index in [0.29, 0.717) is 12.8 Å². The lowest BCUT2D eigenvalue weighted by atomic mass is 10.0. The number of sulfonamides is 1. The number of aliphatic hydroxyl groups is 1. The van der Waals surface area contributed by atoms with Crippen LogP contribution >= 0.6 is 0 Å². The van der Waals surface area contributed by atoms with Gasteiger partial charge in [0.15, 0.2) is 0 Å². The SMILES string of the molecule is O=S(=O)(c1ccc(O)cc1)N1C2CCC1CC(O)C2. The van der Waals surface area contributed by atoms with Crippen molar-refractivity contribution in [1.29, 1.82) is 0 Å². The minimum Gasteiger partial charge on any atom is -0.508 e. The van der Waals surface area contributed by atoms with Crippen LogP contribution in [-0.4, -0.2) is 41.1 Å². The highest BCUT2D eigenvalue weighted by Gasteiger charge is 2.46. The van der Waals surface area contributed by atoms with E-state index >= 15 is 0 Å². The summed E-state index contributed by atoms with van der Waals surface area (Å²) in [5.74, 6) is 0.0518. The van der Waals surface area contributed by atoms with Gasteiger partial charge in [0, 0.05) is 12.1 Å². The average molecular weight is 283 g/mol. The molecule has 3 rings (SSSR count). The number of aliphatic hydroxyl groups excluding tert-OH is 1. The second-order valence-electron chi connectivity index (χ2n) is 5.34. The van der Waals surface area contributed by atoms with Crippen LogP contribution in [0.4, 0.5) is 0 Å². The van der Waals surface area contributed by atoms with Crippen LogP contribution in [0.3, 0.4) is 0 Å². The van der Waals surface area contributed by atoms with Gasteiger partial charge in [-0.3, -0.25) is 0 Å². The van der Waals surface area contributed by atoms with Crippen molar-refractivity contribution in [1.82, 2.24) is 4.31 Å². The molecule has 0 aromatic heterocycles. The van der Waals surface area contributed by atoms with Crippen LogP contribution in [0, 0.1) is 0 Å². The van der Waals surface area contributed by atoms with Crippen LogP contribution in [0.25, 0.3) is 0 Å². The monoisotopic (exact) mass is 283 g/mol. The molecule has 5 nitrogen and oxygen atoms in total. The predicted octanol–water partition coefficient (Wildman–Crippen LogP) is 1.07. The minimum atomic E-state index is -3.53. The van der Waals surface area contributed by atoms with Gasteiger partial charge in [0.2, 0.25) is 10.0 Å². The molecule has 1 aromatic rings. The van der Waals surface area contributed by atoms with Gasteiger partial charge in [0.1, 0.15) is 5.75 Å². The summed E-state index contributed by atoms with van der Waals surface area (Å²) in [7, 11) is -3.53. The first-order valence-electron chi connectivity index (χ1n) is 6.49. The smallest absolute Gasteiger partial charge is 0.243 e. The highest BCUT2D eigenvalue weighted by atomic mass is 32.2. The third-order valence-corrected chi connectivity index (χ3v) is 6.07. The van der Waals surface area contributed by atoms with E-state index in [2.05, 4.69) is 0 Å². The number of fused-ring (bicyclic) bond motifs is 2. The van der Waals surface area contributed by atoms with Crippen molar-refractivity contribution in [2.45, 2.75) is 48.8 Å². The van der Waals surface area contributed by atoms with Crippen LogP contribution in [0.15, 0.2) is 29.2 Å². The number of hydrogen-bond acceptors (Lipinski definition) is 4. The van der Waals surface area contributed by atoms with Gasteiger partial charge < -0.3 is 10.2 Å². The summed E-state index contributed by atoms with van der Waals surface area (Å²) in [6, 6.07) is 5.44. The Bertz CT molecular complexity index is 555. The summed E-state index contributed by atoms with van der Waals surface area (Å²) < 4.78 is 26.8. The predicted molar refractivity (Wildman–Crippen MR) is 69.2 cm³/mol. The molecule has 2 atom stereocenters. The van der Waals surface area contributed by atoms with Gasteiger partial charge in [0.25, 0.3) is 0 Å². The molecule has 0 spiro atoms. The number of piperidine rings is 1. The van der Waals surface area contributed by atoms with Gasteiger partial charge in [0.05, 0.1) is 11.0 Å². The molecule has 2 bridgehead atoms. The molecule has 1 aromatic carbocycles. The fourth-order valence-electron chi connectivity index (χ4n) is 3.24. The molecule has 2 unspecified atom stereocenters. The zero-order chi connectivity index (χ0) is 13.6. The largest absolute Gasteiger partial charge is 0.508 e. The maximum absolute atomic E-state index is 12.6. The number of hydrogen-bond donors (Lipinski definition) is 2. The Morgan fingerprint density at radius 2 is 1.58 bits per heavy atom. The molecule has 2 heterocycles. The van der Waals surface area contributed by atoms with Crippen molar-refractivity contribution in [3.63, 3.8) is 0 Å². The van der Waals surface area contributed by atoms with Gasteiger partial charge in [-0.15, -0.1) is 0 Å². The normalized spacial score (nSPS) is 31.5. The van der Waals surface area contributed by atoms with Gasteiger partial charge in [-0.2, -0.15) is 4.31 Å². The Morgan fingerprint density at radius 1 is 1.05 bits per heavy atom. The molecule has 2 N–H and O–H groups in total. The molecule has 19 heavy (non-hydrogen) atoms. The number of aromatic hydroxyl groups is 1. The number of nitrogens with zero attached hydrogens (tertiary/aromatic N) is 1. The molecule has 6 heteroatoms. The fourth-order valence-corrected chi connectivity index (χ4v) is 5.13. The van der Waals surface area contributed by atoms with Gasteiger partial charge in [-0.1, -0.05) is 0 Å². The Balaban J connectivity index is 1.95. The van der Waals surface area contributed by atoms with E-state index in [4.69, 9.17) is 0 Å². The van der Waals surface area contributed by atoms with E-state index in [9.17, 15) is 18.6 Å². The maximum Gasteiger partial charge on any atom is 0.243 e. The molecule has 2 saturated heterocycles. The van der Waals surface area contributed by atoms with E-state index in [-0.39, 0.29) is 28.8 Å². The van der Waals surface area contributed by atoms with Crippen molar-refractivity contribution in [3.05, 3.63) is 24.3 Å². The first kappa shape index (κ1) is 12.9. The minimum absolute atomic E-state index is 0.0518. The third kappa shape index (κ3) is 2.13. The van der Waals surface area contributed by atoms with Gasteiger partial charge in [-0.05, 0) is 49.9 Å². The van der Waals surface area contributed by atoms with Crippen LogP contribution in [-0.2, 0) is 10.0 Å². The van der Waals surface area contributed by atoms with E-state index < -0.39 is 10.0 Å². The molecule has 0 radical (unpaired) electrons. The van der Waals surface area contributed by atoms with Crippen LogP contribution in [0.2, 0.25) is 0 Å². The summed E-state index contributed by atoms with van der Waals surface area (Å²) >= 11 is 0. The van der Waals surface area contributed by atoms with E-state index in [1.54, 1.807) is 4.31 Å². The molecule has 0 aliphatic carbocycles. The topological polar surface area (TPSA) is 77.8 Å². The van der Waals surface area contributed by atoms with E-state index in [1.165, 1.54) is 24.3 Å². The van der Waals surface area contributed by atoms with Crippen molar-refractivity contribution >= 4 is 10.0 Å². The van der Waals surface area contributed by atoms with E-state index in [1.807, 2.05) is 0 Å². The number of phenols is 1. The van der Waals surface area contributed by atoms with Crippen molar-refractivity contribution in [2.75, 3.05) is 0 Å². The Kier molecular flexibility index (Phi) is 3.03. The second-order valence-corrected chi connectivity index (χ2v) is 7.18. The fraction of sp³-hybridized carbons (Fsp3) is 0.538. The molecular weight excluding hydrogens is 266 g/mol. The molecule has 2 fully saturated rings. The maximum atomic E-state index is 12.6. The van der Waals surface area contributed by atoms with Crippen LogP contribution in [0.1, 0.15) is 25.7 Å². The van der Waals surface area contributed by atoms with Crippen molar-refractivity contribution < 1.29 is 18.6 Å². The molecule has 0 saturated carbocycles. The Hall–Kier alpha value is -1.11. The summed E-state index contributed by atoms with van der Waals surface area (Å²) in [6.07, 6.45) is 2.29. The molecular formula is C13H17NO4S. The lowest BCUT2D eigenvalue weighted by Crippen LogP contribution is -2.47. The van der Waals surface area contributed by atoms with Gasteiger partial charge in [-0.25, -0.2) is 8.42 Å². The second kappa shape index (κ2) is 4.47. The summed E-state index contributed by atoms with van der Waals surface area (Å²) in [5.41, 5.74) is 0. The lowest BCUT2D eigenvalue weighted by molar-refractivity contribution is 0.0769. The highest BCUT2D eigenvalue weighted by molar-refractivity contribution is 7.89. The molecule has 2 aliphatic heterocycles. The van der Waals surface area contributed by atoms with Crippen molar-refractivity contribution in [2.24, 2.45) is 0 Å². The van der Waals surface area contributed by atoms with Gasteiger partial charge >= 0.3 is 0 Å².